The Morgan fingerprint density at radius 2 is 1.87 bits per heavy atom. The minimum Gasteiger partial charge on any atom is -0.389 e. The zero-order valence-electron chi connectivity index (χ0n) is 13.7. The molecule has 0 saturated carbocycles. The van der Waals surface area contributed by atoms with Gasteiger partial charge in [-0.25, -0.2) is 4.79 Å². The van der Waals surface area contributed by atoms with Crippen LogP contribution in [0.15, 0.2) is 24.3 Å². The fourth-order valence-corrected chi connectivity index (χ4v) is 2.33. The van der Waals surface area contributed by atoms with Gasteiger partial charge < -0.3 is 15.3 Å². The van der Waals surface area contributed by atoms with Crippen molar-refractivity contribution in [1.29, 1.82) is 0 Å². The maximum atomic E-state index is 13.0. The van der Waals surface area contributed by atoms with Crippen LogP contribution < -0.4 is 5.32 Å². The Hall–Kier alpha value is -1.76. The van der Waals surface area contributed by atoms with Crippen LogP contribution in [0, 0.1) is 0 Å². The van der Waals surface area contributed by atoms with Crippen molar-refractivity contribution in [2.75, 3.05) is 13.6 Å². The molecule has 0 fully saturated rings. The smallest absolute Gasteiger partial charge is 0.389 e. The van der Waals surface area contributed by atoms with E-state index in [4.69, 9.17) is 0 Å². The van der Waals surface area contributed by atoms with Crippen LogP contribution in [0.5, 0.6) is 0 Å². The highest BCUT2D eigenvalue weighted by Gasteiger charge is 2.33. The van der Waals surface area contributed by atoms with E-state index in [-0.39, 0.29) is 18.5 Å². The van der Waals surface area contributed by atoms with Crippen LogP contribution in [-0.2, 0) is 12.6 Å². The van der Waals surface area contributed by atoms with E-state index in [9.17, 15) is 23.1 Å². The highest BCUT2D eigenvalue weighted by molar-refractivity contribution is 5.74. The van der Waals surface area contributed by atoms with Crippen LogP contribution in [0.4, 0.5) is 18.0 Å². The molecule has 0 saturated heterocycles. The van der Waals surface area contributed by atoms with E-state index in [2.05, 4.69) is 5.32 Å². The number of carbonyl (C=O) groups excluding carboxylic acids is 1. The van der Waals surface area contributed by atoms with Gasteiger partial charge in [-0.2, -0.15) is 13.2 Å². The summed E-state index contributed by atoms with van der Waals surface area (Å²) >= 11 is 0. The van der Waals surface area contributed by atoms with E-state index < -0.39 is 29.4 Å². The summed E-state index contributed by atoms with van der Waals surface area (Å²) in [6.07, 6.45) is -4.35. The molecule has 130 valence electrons. The maximum absolute atomic E-state index is 13.0. The third-order valence-corrected chi connectivity index (χ3v) is 3.19. The van der Waals surface area contributed by atoms with Crippen molar-refractivity contribution in [1.82, 2.24) is 10.2 Å². The second-order valence-corrected chi connectivity index (χ2v) is 6.38. The van der Waals surface area contributed by atoms with E-state index >= 15 is 0 Å². The highest BCUT2D eigenvalue weighted by atomic mass is 19.4. The molecular formula is C16H23F3N2O2. The average Bonchev–Trinajstić information content (AvgIpc) is 2.35. The Morgan fingerprint density at radius 3 is 2.39 bits per heavy atom. The molecule has 0 aliphatic rings. The Balaban J connectivity index is 2.71. The monoisotopic (exact) mass is 332 g/mol. The first kappa shape index (κ1) is 19.3. The van der Waals surface area contributed by atoms with Crippen LogP contribution in [0.25, 0.3) is 0 Å². The van der Waals surface area contributed by atoms with Crippen LogP contribution >= 0.6 is 0 Å². The van der Waals surface area contributed by atoms with Crippen molar-refractivity contribution < 1.29 is 23.1 Å². The van der Waals surface area contributed by atoms with E-state index in [1.807, 2.05) is 0 Å². The number of urea groups is 1. The molecule has 23 heavy (non-hydrogen) atoms. The quantitative estimate of drug-likeness (QED) is 0.871. The number of likely N-dealkylation sites (N-methyl/N-ethyl adjacent to an activating group) is 1. The molecule has 0 unspecified atom stereocenters. The third-order valence-electron chi connectivity index (χ3n) is 3.19. The normalized spacial score (nSPS) is 13.6. The molecule has 0 radical (unpaired) electrons. The van der Waals surface area contributed by atoms with Gasteiger partial charge in [-0.3, -0.25) is 0 Å². The molecule has 0 aromatic heterocycles. The molecule has 0 bridgehead atoms. The molecule has 7 heteroatoms. The third kappa shape index (κ3) is 6.48. The number of benzene rings is 1. The molecule has 2 amide bonds. The number of nitrogens with one attached hydrogen (secondary N) is 1. The van der Waals surface area contributed by atoms with Crippen molar-refractivity contribution in [3.8, 4) is 0 Å². The van der Waals surface area contributed by atoms with E-state index in [0.29, 0.717) is 0 Å². The number of rotatable bonds is 5. The number of nitrogens with zero attached hydrogens (tertiary/aromatic N) is 1. The topological polar surface area (TPSA) is 52.6 Å². The SMILES string of the molecule is C[C@@H](Cc1ccccc1C(F)(F)F)NC(=O)N(C)CC(C)(C)O. The number of carbonyl (C=O) groups is 1. The van der Waals surface area contributed by atoms with Gasteiger partial charge in [-0.15, -0.1) is 0 Å². The Bertz CT molecular complexity index is 539. The van der Waals surface area contributed by atoms with Gasteiger partial charge in [0.25, 0.3) is 0 Å². The lowest BCUT2D eigenvalue weighted by atomic mass is 10.0. The average molecular weight is 332 g/mol. The van der Waals surface area contributed by atoms with Gasteiger partial charge in [0, 0.05) is 13.1 Å². The molecule has 1 aromatic carbocycles. The Labute approximate surface area is 134 Å². The largest absolute Gasteiger partial charge is 0.416 e. The lowest BCUT2D eigenvalue weighted by Gasteiger charge is -2.27. The molecule has 0 aliphatic carbocycles. The fraction of sp³-hybridized carbons (Fsp3) is 0.562. The molecule has 0 spiro atoms. The minimum absolute atomic E-state index is 0.0672. The van der Waals surface area contributed by atoms with Gasteiger partial charge in [-0.1, -0.05) is 18.2 Å². The van der Waals surface area contributed by atoms with E-state index in [1.165, 1.54) is 24.1 Å². The molecule has 1 atom stereocenters. The highest BCUT2D eigenvalue weighted by Crippen LogP contribution is 2.32. The minimum atomic E-state index is -4.42. The number of amides is 2. The lowest BCUT2D eigenvalue weighted by Crippen LogP contribution is -2.47. The number of halogens is 3. The predicted molar refractivity (Wildman–Crippen MR) is 82.1 cm³/mol. The standard InChI is InChI=1S/C16H23F3N2O2/c1-11(20-14(22)21(4)10-15(2,3)23)9-12-7-5-6-8-13(12)16(17,18)19/h5-8,11,23H,9-10H2,1-4H3,(H,20,22)/t11-/m0/s1. The summed E-state index contributed by atoms with van der Waals surface area (Å²) in [5.74, 6) is 0. The Morgan fingerprint density at radius 1 is 1.30 bits per heavy atom. The molecule has 1 rings (SSSR count). The van der Waals surface area contributed by atoms with Crippen LogP contribution in [0.2, 0.25) is 0 Å². The summed E-state index contributed by atoms with van der Waals surface area (Å²) in [7, 11) is 1.52. The van der Waals surface area contributed by atoms with Crippen molar-refractivity contribution in [3.05, 3.63) is 35.4 Å². The van der Waals surface area contributed by atoms with Crippen LogP contribution in [0.1, 0.15) is 31.9 Å². The first-order chi connectivity index (χ1) is 10.4. The van der Waals surface area contributed by atoms with Gasteiger partial charge in [0.05, 0.1) is 17.7 Å². The van der Waals surface area contributed by atoms with Crippen molar-refractivity contribution in [3.63, 3.8) is 0 Å². The summed E-state index contributed by atoms with van der Waals surface area (Å²) in [4.78, 5) is 13.3. The summed E-state index contributed by atoms with van der Waals surface area (Å²) in [6.45, 7) is 4.90. The zero-order chi connectivity index (χ0) is 17.8. The Kier molecular flexibility index (Phi) is 6.04. The van der Waals surface area contributed by atoms with Gasteiger partial charge in [0.1, 0.15) is 0 Å². The maximum Gasteiger partial charge on any atom is 0.416 e. The molecular weight excluding hydrogens is 309 g/mol. The number of aliphatic hydroxyl groups is 1. The molecule has 1 aromatic rings. The van der Waals surface area contributed by atoms with Gasteiger partial charge in [-0.05, 0) is 38.8 Å². The molecule has 0 aliphatic heterocycles. The van der Waals surface area contributed by atoms with E-state index in [0.717, 1.165) is 6.07 Å². The molecule has 0 heterocycles. The first-order valence-electron chi connectivity index (χ1n) is 7.29. The van der Waals surface area contributed by atoms with Crippen molar-refractivity contribution in [2.45, 2.75) is 45.0 Å². The molecule has 4 nitrogen and oxygen atoms in total. The summed E-state index contributed by atoms with van der Waals surface area (Å²) in [6, 6.07) is 4.40. The van der Waals surface area contributed by atoms with Crippen LogP contribution in [0.3, 0.4) is 0 Å². The van der Waals surface area contributed by atoms with Crippen molar-refractivity contribution in [2.24, 2.45) is 0 Å². The van der Waals surface area contributed by atoms with Gasteiger partial charge >= 0.3 is 12.2 Å². The van der Waals surface area contributed by atoms with E-state index in [1.54, 1.807) is 26.8 Å². The molecule has 2 N–H and O–H groups in total. The number of hydrogen-bond donors (Lipinski definition) is 2. The second-order valence-electron chi connectivity index (χ2n) is 6.38. The van der Waals surface area contributed by atoms with Gasteiger partial charge in [0.2, 0.25) is 0 Å². The lowest BCUT2D eigenvalue weighted by molar-refractivity contribution is -0.138. The van der Waals surface area contributed by atoms with Crippen molar-refractivity contribution >= 4 is 6.03 Å². The number of alkyl halides is 3. The van der Waals surface area contributed by atoms with Gasteiger partial charge in [0.15, 0.2) is 0 Å². The predicted octanol–water partition coefficient (Wildman–Crippen LogP) is 3.05. The fourth-order valence-electron chi connectivity index (χ4n) is 2.33. The number of hydrogen-bond acceptors (Lipinski definition) is 2. The summed E-state index contributed by atoms with van der Waals surface area (Å²) < 4.78 is 38.9. The second kappa shape index (κ2) is 7.21. The first-order valence-corrected chi connectivity index (χ1v) is 7.29. The van der Waals surface area contributed by atoms with Crippen LogP contribution in [-0.4, -0.2) is 41.3 Å². The summed E-state index contributed by atoms with van der Waals surface area (Å²) in [5, 5.41) is 12.3. The summed E-state index contributed by atoms with van der Waals surface area (Å²) in [5.41, 5.74) is -1.60. The zero-order valence-corrected chi connectivity index (χ0v) is 13.7.